The van der Waals surface area contributed by atoms with Gasteiger partial charge in [-0.15, -0.1) is 0 Å². The van der Waals surface area contributed by atoms with Crippen molar-refractivity contribution in [2.75, 3.05) is 27.9 Å². The topological polar surface area (TPSA) is 70.8 Å². The number of benzene rings is 1. The minimum atomic E-state index is -0.0587. The first-order valence-electron chi connectivity index (χ1n) is 5.65. The van der Waals surface area contributed by atoms with Gasteiger partial charge in [-0.1, -0.05) is 6.07 Å². The maximum Gasteiger partial charge on any atom is 0.171 e. The molecule has 2 N–H and O–H groups in total. The molecule has 5 heteroatoms. The summed E-state index contributed by atoms with van der Waals surface area (Å²) in [5.74, 6) is 0.907. The molecule has 0 aliphatic heterocycles. The standard InChI is InChI=1S/C13H19NO4/c1-16-8-9-4-5-10(11(15)6-7-14)13(18-3)12(9)17-2/h4-5H,6-8,14H2,1-3H3. The lowest BCUT2D eigenvalue weighted by Gasteiger charge is -2.15. The number of carbonyl (C=O) groups is 1. The number of carbonyl (C=O) groups excluding carboxylic acids is 1. The molecule has 0 aliphatic rings. The zero-order valence-corrected chi connectivity index (χ0v) is 11.0. The van der Waals surface area contributed by atoms with E-state index in [2.05, 4.69) is 0 Å². The summed E-state index contributed by atoms with van der Waals surface area (Å²) in [6.07, 6.45) is 0.281. The van der Waals surface area contributed by atoms with Gasteiger partial charge in [-0.25, -0.2) is 0 Å². The van der Waals surface area contributed by atoms with Gasteiger partial charge in [0.2, 0.25) is 0 Å². The lowest BCUT2D eigenvalue weighted by molar-refractivity contribution is 0.0981. The number of ketones is 1. The van der Waals surface area contributed by atoms with Gasteiger partial charge in [0.15, 0.2) is 17.3 Å². The van der Waals surface area contributed by atoms with Crippen molar-refractivity contribution in [1.82, 2.24) is 0 Å². The Hall–Kier alpha value is -1.59. The fourth-order valence-corrected chi connectivity index (χ4v) is 1.78. The maximum absolute atomic E-state index is 11.9. The van der Waals surface area contributed by atoms with Gasteiger partial charge < -0.3 is 19.9 Å². The third-order valence-electron chi connectivity index (χ3n) is 2.57. The largest absolute Gasteiger partial charge is 0.492 e. The minimum absolute atomic E-state index is 0.0587. The Labute approximate surface area is 107 Å². The van der Waals surface area contributed by atoms with E-state index in [0.29, 0.717) is 30.2 Å². The lowest BCUT2D eigenvalue weighted by atomic mass is 10.0. The molecule has 5 nitrogen and oxygen atoms in total. The highest BCUT2D eigenvalue weighted by Crippen LogP contribution is 2.35. The van der Waals surface area contributed by atoms with E-state index >= 15 is 0 Å². The molecule has 0 heterocycles. The summed E-state index contributed by atoms with van der Waals surface area (Å²) in [5.41, 5.74) is 6.71. The summed E-state index contributed by atoms with van der Waals surface area (Å²) in [6, 6.07) is 3.52. The van der Waals surface area contributed by atoms with E-state index in [1.165, 1.54) is 14.2 Å². The molecule has 1 aromatic carbocycles. The Morgan fingerprint density at radius 1 is 1.17 bits per heavy atom. The summed E-state index contributed by atoms with van der Waals surface area (Å²) in [4.78, 5) is 11.9. The van der Waals surface area contributed by atoms with Crippen LogP contribution in [-0.4, -0.2) is 33.7 Å². The molecule has 0 spiro atoms. The average molecular weight is 253 g/mol. The lowest BCUT2D eigenvalue weighted by Crippen LogP contribution is -2.10. The van der Waals surface area contributed by atoms with E-state index in [0.717, 1.165) is 5.56 Å². The molecule has 0 saturated heterocycles. The first-order valence-corrected chi connectivity index (χ1v) is 5.65. The molecule has 1 rings (SSSR count). The second-order valence-corrected chi connectivity index (χ2v) is 3.73. The quantitative estimate of drug-likeness (QED) is 0.743. The molecule has 100 valence electrons. The van der Waals surface area contributed by atoms with Crippen molar-refractivity contribution in [2.24, 2.45) is 5.73 Å². The molecule has 0 radical (unpaired) electrons. The third-order valence-corrected chi connectivity index (χ3v) is 2.57. The van der Waals surface area contributed by atoms with Gasteiger partial charge in [0.25, 0.3) is 0 Å². The Balaban J connectivity index is 3.25. The molecule has 1 aromatic rings. The fraction of sp³-hybridized carbons (Fsp3) is 0.462. The first-order chi connectivity index (χ1) is 8.69. The second-order valence-electron chi connectivity index (χ2n) is 3.73. The highest BCUT2D eigenvalue weighted by atomic mass is 16.5. The number of Topliss-reactive ketones (excluding diaryl/α,β-unsaturated/α-hetero) is 1. The van der Waals surface area contributed by atoms with Crippen molar-refractivity contribution in [3.63, 3.8) is 0 Å². The monoisotopic (exact) mass is 253 g/mol. The van der Waals surface area contributed by atoms with Crippen molar-refractivity contribution in [3.8, 4) is 11.5 Å². The third kappa shape index (κ3) is 3.00. The van der Waals surface area contributed by atoms with Crippen LogP contribution in [0.5, 0.6) is 11.5 Å². The predicted octanol–water partition coefficient (Wildman–Crippen LogP) is 1.38. The normalized spacial score (nSPS) is 10.2. The van der Waals surface area contributed by atoms with Gasteiger partial charge in [0.05, 0.1) is 26.4 Å². The fourth-order valence-electron chi connectivity index (χ4n) is 1.78. The van der Waals surface area contributed by atoms with Crippen LogP contribution in [-0.2, 0) is 11.3 Å². The number of rotatable bonds is 7. The molecule has 0 unspecified atom stereocenters. The number of nitrogens with two attached hydrogens (primary N) is 1. The van der Waals surface area contributed by atoms with Crippen molar-refractivity contribution in [3.05, 3.63) is 23.3 Å². The van der Waals surface area contributed by atoms with E-state index in [1.54, 1.807) is 19.2 Å². The smallest absolute Gasteiger partial charge is 0.171 e. The molecule has 0 bridgehead atoms. The van der Waals surface area contributed by atoms with E-state index in [1.807, 2.05) is 0 Å². The Morgan fingerprint density at radius 2 is 1.83 bits per heavy atom. The SMILES string of the molecule is COCc1ccc(C(=O)CCN)c(OC)c1OC. The number of ether oxygens (including phenoxy) is 3. The molecular formula is C13H19NO4. The molecule has 0 fully saturated rings. The summed E-state index contributed by atoms with van der Waals surface area (Å²) in [5, 5.41) is 0. The van der Waals surface area contributed by atoms with Gasteiger partial charge in [-0.05, 0) is 12.6 Å². The van der Waals surface area contributed by atoms with Crippen LogP contribution >= 0.6 is 0 Å². The van der Waals surface area contributed by atoms with Crippen molar-refractivity contribution < 1.29 is 19.0 Å². The highest BCUT2D eigenvalue weighted by Gasteiger charge is 2.19. The zero-order chi connectivity index (χ0) is 13.5. The summed E-state index contributed by atoms with van der Waals surface area (Å²) < 4.78 is 15.7. The van der Waals surface area contributed by atoms with Crippen LogP contribution in [0.25, 0.3) is 0 Å². The van der Waals surface area contributed by atoms with E-state index in [-0.39, 0.29) is 12.2 Å². The van der Waals surface area contributed by atoms with E-state index in [9.17, 15) is 4.79 Å². The molecule has 0 saturated carbocycles. The summed E-state index contributed by atoms with van der Waals surface area (Å²) >= 11 is 0. The van der Waals surface area contributed by atoms with Crippen LogP contribution in [0.15, 0.2) is 12.1 Å². The average Bonchev–Trinajstić information content (AvgIpc) is 2.38. The number of hydrogen-bond acceptors (Lipinski definition) is 5. The molecule has 0 atom stereocenters. The van der Waals surface area contributed by atoms with Crippen molar-refractivity contribution in [1.29, 1.82) is 0 Å². The van der Waals surface area contributed by atoms with E-state index in [4.69, 9.17) is 19.9 Å². The summed E-state index contributed by atoms with van der Waals surface area (Å²) in [6.45, 7) is 0.703. The molecule has 0 aliphatic carbocycles. The van der Waals surface area contributed by atoms with Crippen LogP contribution in [0.4, 0.5) is 0 Å². The molecule has 0 amide bonds. The van der Waals surface area contributed by atoms with Gasteiger partial charge in [0.1, 0.15) is 0 Å². The first kappa shape index (κ1) is 14.5. The molecular weight excluding hydrogens is 234 g/mol. The van der Waals surface area contributed by atoms with E-state index < -0.39 is 0 Å². The Bertz CT molecular complexity index is 418. The minimum Gasteiger partial charge on any atom is -0.492 e. The van der Waals surface area contributed by atoms with Gasteiger partial charge in [0, 0.05) is 19.1 Å². The zero-order valence-electron chi connectivity index (χ0n) is 11.0. The Kier molecular flexibility index (Phi) is 5.61. The Morgan fingerprint density at radius 3 is 2.33 bits per heavy atom. The maximum atomic E-state index is 11.9. The van der Waals surface area contributed by atoms with Crippen molar-refractivity contribution >= 4 is 5.78 Å². The molecule has 0 aromatic heterocycles. The number of hydrogen-bond donors (Lipinski definition) is 1. The van der Waals surface area contributed by atoms with Crippen LogP contribution in [0.2, 0.25) is 0 Å². The van der Waals surface area contributed by atoms with Crippen LogP contribution in [0.1, 0.15) is 22.3 Å². The van der Waals surface area contributed by atoms with Gasteiger partial charge >= 0.3 is 0 Å². The summed E-state index contributed by atoms with van der Waals surface area (Å²) in [7, 11) is 4.64. The van der Waals surface area contributed by atoms with Crippen LogP contribution in [0.3, 0.4) is 0 Å². The predicted molar refractivity (Wildman–Crippen MR) is 68.3 cm³/mol. The molecule has 18 heavy (non-hydrogen) atoms. The van der Waals surface area contributed by atoms with Crippen LogP contribution < -0.4 is 15.2 Å². The second kappa shape index (κ2) is 6.98. The van der Waals surface area contributed by atoms with Gasteiger partial charge in [-0.3, -0.25) is 4.79 Å². The highest BCUT2D eigenvalue weighted by molar-refractivity contribution is 5.99. The van der Waals surface area contributed by atoms with Crippen molar-refractivity contribution in [2.45, 2.75) is 13.0 Å². The van der Waals surface area contributed by atoms with Gasteiger partial charge in [-0.2, -0.15) is 0 Å². The number of methoxy groups -OCH3 is 3. The van der Waals surface area contributed by atoms with Crippen LogP contribution in [0, 0.1) is 0 Å².